The van der Waals surface area contributed by atoms with Crippen LogP contribution in [0.4, 0.5) is 0 Å². The number of hydrogen-bond acceptors (Lipinski definition) is 6. The maximum atomic E-state index is 12.8. The molecule has 1 atom stereocenters. The molecule has 1 unspecified atom stereocenters. The lowest BCUT2D eigenvalue weighted by Crippen LogP contribution is -2.30. The normalized spacial score (nSPS) is 12.9. The Kier molecular flexibility index (Phi) is 51.5. The topological polar surface area (TPSA) is 78.9 Å². The second-order valence-corrected chi connectivity index (χ2v) is 17.9. The van der Waals surface area contributed by atoms with E-state index in [0.717, 1.165) is 96.3 Å². The number of unbranched alkanes of at least 4 members (excludes halogenated alkanes) is 24. The summed E-state index contributed by atoms with van der Waals surface area (Å²) in [6.07, 6.45) is 73.6. The third-order valence-electron chi connectivity index (χ3n) is 11.4. The Balaban J connectivity index is 4.49. The van der Waals surface area contributed by atoms with Crippen molar-refractivity contribution in [2.75, 3.05) is 13.2 Å². The van der Waals surface area contributed by atoms with Crippen LogP contribution in [0.5, 0.6) is 0 Å². The molecule has 0 saturated carbocycles. The summed E-state index contributed by atoms with van der Waals surface area (Å²) >= 11 is 0. The molecular weight excluding hydrogens is 829 g/mol. The van der Waals surface area contributed by atoms with E-state index in [1.54, 1.807) is 0 Å². The Morgan fingerprint density at radius 1 is 0.328 bits per heavy atom. The van der Waals surface area contributed by atoms with Crippen LogP contribution in [0.15, 0.2) is 109 Å². The molecule has 0 aliphatic carbocycles. The van der Waals surface area contributed by atoms with Crippen molar-refractivity contribution in [1.82, 2.24) is 0 Å². The van der Waals surface area contributed by atoms with Crippen LogP contribution in [-0.4, -0.2) is 37.2 Å². The van der Waals surface area contributed by atoms with Gasteiger partial charge in [0.2, 0.25) is 0 Å². The lowest BCUT2D eigenvalue weighted by atomic mass is 10.0. The van der Waals surface area contributed by atoms with E-state index in [-0.39, 0.29) is 37.5 Å². The van der Waals surface area contributed by atoms with Crippen LogP contribution < -0.4 is 0 Å². The highest BCUT2D eigenvalue weighted by Gasteiger charge is 2.19. The third-order valence-corrected chi connectivity index (χ3v) is 11.4. The molecule has 0 N–H and O–H groups in total. The minimum atomic E-state index is -0.811. The smallest absolute Gasteiger partial charge is 0.306 e. The predicted octanol–water partition coefficient (Wildman–Crippen LogP) is 18.3. The van der Waals surface area contributed by atoms with Crippen LogP contribution in [0.2, 0.25) is 0 Å². The molecule has 67 heavy (non-hydrogen) atoms. The summed E-state index contributed by atoms with van der Waals surface area (Å²) in [4.78, 5) is 38.1. The third kappa shape index (κ3) is 52.9. The number of hydrogen-bond donors (Lipinski definition) is 0. The number of carbonyl (C=O) groups excluding carboxylic acids is 3. The highest BCUT2D eigenvalue weighted by Crippen LogP contribution is 2.16. The molecule has 0 aliphatic rings. The first-order chi connectivity index (χ1) is 33.0. The summed E-state index contributed by atoms with van der Waals surface area (Å²) in [7, 11) is 0. The SMILES string of the molecule is CC\C=C/C=C\C=C/C=C\C=C\C=C/CCCCCC(=O)OC(COC(=O)CCCCCC/C=C\C/C=C\C/C=C\CC)COC(=O)CCCCCCCCCCCCCCCCCCCC. The highest BCUT2D eigenvalue weighted by atomic mass is 16.6. The molecule has 0 aromatic carbocycles. The van der Waals surface area contributed by atoms with E-state index < -0.39 is 6.10 Å². The molecule has 0 spiro atoms. The minimum Gasteiger partial charge on any atom is -0.462 e. The van der Waals surface area contributed by atoms with E-state index in [9.17, 15) is 14.4 Å². The molecule has 0 saturated heterocycles. The van der Waals surface area contributed by atoms with Gasteiger partial charge in [-0.15, -0.1) is 0 Å². The number of ether oxygens (including phenoxy) is 3. The fourth-order valence-corrected chi connectivity index (χ4v) is 7.37. The first-order valence-electron chi connectivity index (χ1n) is 27.5. The van der Waals surface area contributed by atoms with Crippen molar-refractivity contribution in [3.8, 4) is 0 Å². The fourth-order valence-electron chi connectivity index (χ4n) is 7.37. The van der Waals surface area contributed by atoms with E-state index in [1.807, 2.05) is 60.8 Å². The number of rotatable bonds is 48. The van der Waals surface area contributed by atoms with Crippen LogP contribution in [0.25, 0.3) is 0 Å². The molecule has 0 fully saturated rings. The van der Waals surface area contributed by atoms with Crippen molar-refractivity contribution in [2.45, 2.75) is 245 Å². The largest absolute Gasteiger partial charge is 0.462 e. The highest BCUT2D eigenvalue weighted by molar-refractivity contribution is 5.71. The van der Waals surface area contributed by atoms with E-state index in [0.29, 0.717) is 19.3 Å². The Morgan fingerprint density at radius 3 is 1.10 bits per heavy atom. The maximum absolute atomic E-state index is 12.8. The van der Waals surface area contributed by atoms with Crippen molar-refractivity contribution < 1.29 is 28.6 Å². The van der Waals surface area contributed by atoms with Crippen LogP contribution in [0, 0.1) is 0 Å². The molecule has 6 heteroatoms. The predicted molar refractivity (Wildman–Crippen MR) is 288 cm³/mol. The monoisotopic (exact) mass is 929 g/mol. The number of allylic oxidation sites excluding steroid dienone is 18. The second-order valence-electron chi connectivity index (χ2n) is 17.9. The van der Waals surface area contributed by atoms with Crippen molar-refractivity contribution >= 4 is 17.9 Å². The maximum Gasteiger partial charge on any atom is 0.306 e. The van der Waals surface area contributed by atoms with Gasteiger partial charge >= 0.3 is 17.9 Å². The van der Waals surface area contributed by atoms with Crippen LogP contribution >= 0.6 is 0 Å². The first-order valence-corrected chi connectivity index (χ1v) is 27.5. The van der Waals surface area contributed by atoms with E-state index in [1.165, 1.54) is 96.3 Å². The number of esters is 3. The van der Waals surface area contributed by atoms with Crippen LogP contribution in [0.1, 0.15) is 239 Å². The molecule has 0 aromatic heterocycles. The zero-order chi connectivity index (χ0) is 48.6. The van der Waals surface area contributed by atoms with Crippen molar-refractivity contribution in [1.29, 1.82) is 0 Å². The van der Waals surface area contributed by atoms with Crippen molar-refractivity contribution in [2.24, 2.45) is 0 Å². The molecule has 0 amide bonds. The fraction of sp³-hybridized carbons (Fsp3) is 0.656. The first kappa shape index (κ1) is 63.1. The van der Waals surface area contributed by atoms with Gasteiger partial charge in [-0.3, -0.25) is 14.4 Å². The van der Waals surface area contributed by atoms with Gasteiger partial charge in [0, 0.05) is 19.3 Å². The molecule has 0 heterocycles. The molecule has 0 bridgehead atoms. The van der Waals surface area contributed by atoms with Gasteiger partial charge in [-0.25, -0.2) is 0 Å². The molecule has 6 nitrogen and oxygen atoms in total. The van der Waals surface area contributed by atoms with Gasteiger partial charge in [0.1, 0.15) is 13.2 Å². The molecule has 0 aliphatic heterocycles. The average Bonchev–Trinajstić information content (AvgIpc) is 3.33. The van der Waals surface area contributed by atoms with Gasteiger partial charge in [-0.05, 0) is 70.6 Å². The molecule has 0 radical (unpaired) electrons. The van der Waals surface area contributed by atoms with Gasteiger partial charge in [0.25, 0.3) is 0 Å². The lowest BCUT2D eigenvalue weighted by molar-refractivity contribution is -0.167. The summed E-state index contributed by atoms with van der Waals surface area (Å²) < 4.78 is 16.8. The Morgan fingerprint density at radius 2 is 0.657 bits per heavy atom. The second kappa shape index (κ2) is 54.7. The zero-order valence-electron chi connectivity index (χ0n) is 43.4. The van der Waals surface area contributed by atoms with Gasteiger partial charge in [0.05, 0.1) is 0 Å². The summed E-state index contributed by atoms with van der Waals surface area (Å²) in [6.45, 7) is 6.33. The van der Waals surface area contributed by atoms with E-state index in [2.05, 4.69) is 69.4 Å². The van der Waals surface area contributed by atoms with Crippen LogP contribution in [-0.2, 0) is 28.6 Å². The van der Waals surface area contributed by atoms with Gasteiger partial charge < -0.3 is 14.2 Å². The summed E-state index contributed by atoms with van der Waals surface area (Å²) in [5.74, 6) is -0.970. The van der Waals surface area contributed by atoms with Crippen molar-refractivity contribution in [3.63, 3.8) is 0 Å². The quantitative estimate of drug-likeness (QED) is 0.0199. The summed E-state index contributed by atoms with van der Waals surface area (Å²) in [5.41, 5.74) is 0. The van der Waals surface area contributed by atoms with E-state index in [4.69, 9.17) is 14.2 Å². The van der Waals surface area contributed by atoms with Gasteiger partial charge in [0.15, 0.2) is 6.10 Å². The Hall–Kier alpha value is -3.93. The van der Waals surface area contributed by atoms with Crippen LogP contribution in [0.3, 0.4) is 0 Å². The average molecular weight is 929 g/mol. The molecule has 0 aromatic rings. The van der Waals surface area contributed by atoms with Gasteiger partial charge in [-0.2, -0.15) is 0 Å². The summed E-state index contributed by atoms with van der Waals surface area (Å²) in [6, 6.07) is 0. The molecule has 380 valence electrons. The Bertz CT molecular complexity index is 1390. The van der Waals surface area contributed by atoms with Crippen molar-refractivity contribution in [3.05, 3.63) is 109 Å². The van der Waals surface area contributed by atoms with E-state index >= 15 is 0 Å². The standard InChI is InChI=1S/C61H100O6/c1-4-7-10-13-16-19-22-25-28-30-32-33-36-39-42-45-48-51-54-60(63)66-57-58(56-65-59(62)53-50-47-44-41-38-35-27-24-21-18-15-12-9-6-3)67-61(64)55-52-49-46-43-40-37-34-31-29-26-23-20-17-14-11-8-5-2/h8-9,11-12,14,17-18,20-21,23,26-27,29,31,34-35,37,40,58H,4-7,10,13,15-16,19,22,24-25,28,30,32-33,36,38-39,41-57H2,1-3H3/b11-8-,12-9-,17-14-,21-18-,23-20-,29-26-,34-31+,35-27-,40-37-. The number of carbonyl (C=O) groups is 3. The molecule has 0 rings (SSSR count). The minimum absolute atomic E-state index is 0.104. The lowest BCUT2D eigenvalue weighted by Gasteiger charge is -2.18. The Labute approximate surface area is 412 Å². The van der Waals surface area contributed by atoms with Gasteiger partial charge in [-0.1, -0.05) is 259 Å². The summed E-state index contributed by atoms with van der Waals surface area (Å²) in [5, 5.41) is 0. The zero-order valence-corrected chi connectivity index (χ0v) is 43.4. The molecular formula is C61H100O6.